The first kappa shape index (κ1) is 14.5. The quantitative estimate of drug-likeness (QED) is 0.898. The van der Waals surface area contributed by atoms with Crippen molar-refractivity contribution in [3.8, 4) is 0 Å². The van der Waals surface area contributed by atoms with Gasteiger partial charge >= 0.3 is 0 Å². The normalized spacial score (nSPS) is 20.3. The van der Waals surface area contributed by atoms with Crippen molar-refractivity contribution < 1.29 is 0 Å². The molecule has 2 N–H and O–H groups in total. The first-order valence-electron chi connectivity index (χ1n) is 6.17. The number of nitrogens with zero attached hydrogens (tertiary/aromatic N) is 1. The summed E-state index contributed by atoms with van der Waals surface area (Å²) in [4.78, 5) is 2.52. The predicted molar refractivity (Wildman–Crippen MR) is 75.6 cm³/mol. The van der Waals surface area contributed by atoms with E-state index in [9.17, 15) is 0 Å². The fourth-order valence-corrected chi connectivity index (χ4v) is 2.41. The molecule has 96 valence electrons. The van der Waals surface area contributed by atoms with Crippen LogP contribution in [0.15, 0.2) is 18.2 Å². The van der Waals surface area contributed by atoms with E-state index in [1.54, 1.807) is 0 Å². The zero-order valence-electron chi connectivity index (χ0n) is 10.8. The Morgan fingerprint density at radius 2 is 2.06 bits per heavy atom. The molecule has 0 amide bonds. The van der Waals surface area contributed by atoms with Gasteiger partial charge < -0.3 is 5.73 Å². The Morgan fingerprint density at radius 3 is 2.65 bits per heavy atom. The number of likely N-dealkylation sites (tertiary alicyclic amines) is 1. The van der Waals surface area contributed by atoms with E-state index in [4.69, 9.17) is 5.73 Å². The number of benzene rings is 1. The lowest BCUT2D eigenvalue weighted by Crippen LogP contribution is -2.22. The summed E-state index contributed by atoms with van der Waals surface area (Å²) >= 11 is 0. The van der Waals surface area contributed by atoms with Crippen molar-refractivity contribution in [1.82, 2.24) is 4.90 Å². The Balaban J connectivity index is 0.00000144. The molecule has 3 heteroatoms. The van der Waals surface area contributed by atoms with Crippen LogP contribution in [0.2, 0.25) is 0 Å². The van der Waals surface area contributed by atoms with Gasteiger partial charge in [0.1, 0.15) is 0 Å². The molecule has 1 aliphatic heterocycles. The summed E-state index contributed by atoms with van der Waals surface area (Å²) in [5.74, 6) is 0.714. The van der Waals surface area contributed by atoms with E-state index in [1.807, 2.05) is 0 Å². The second-order valence-corrected chi connectivity index (χ2v) is 5.04. The molecule has 0 saturated carbocycles. The predicted octanol–water partition coefficient (Wildman–Crippen LogP) is 2.51. The van der Waals surface area contributed by atoms with E-state index in [-0.39, 0.29) is 12.4 Å². The third-order valence-electron chi connectivity index (χ3n) is 3.68. The van der Waals surface area contributed by atoms with Crippen LogP contribution in [0, 0.1) is 19.8 Å². The van der Waals surface area contributed by atoms with Crippen LogP contribution in [0.1, 0.15) is 23.1 Å². The van der Waals surface area contributed by atoms with Gasteiger partial charge in [-0.3, -0.25) is 4.90 Å². The molecule has 1 aromatic carbocycles. The highest BCUT2D eigenvalue weighted by atomic mass is 35.5. The molecule has 0 bridgehead atoms. The van der Waals surface area contributed by atoms with E-state index in [0.717, 1.165) is 13.1 Å². The van der Waals surface area contributed by atoms with Gasteiger partial charge in [0.25, 0.3) is 0 Å². The molecule has 0 aromatic heterocycles. The largest absolute Gasteiger partial charge is 0.330 e. The maximum Gasteiger partial charge on any atom is 0.0233 e. The smallest absolute Gasteiger partial charge is 0.0233 e. The topological polar surface area (TPSA) is 29.3 Å². The molecule has 17 heavy (non-hydrogen) atoms. The summed E-state index contributed by atoms with van der Waals surface area (Å²) < 4.78 is 0. The molecule has 0 radical (unpaired) electrons. The lowest BCUT2D eigenvalue weighted by Gasteiger charge is -2.16. The highest BCUT2D eigenvalue weighted by molar-refractivity contribution is 5.85. The molecule has 1 fully saturated rings. The minimum atomic E-state index is 0. The molecular formula is C14H23ClN2. The molecule has 0 spiro atoms. The van der Waals surface area contributed by atoms with Crippen LogP contribution in [0.4, 0.5) is 0 Å². The zero-order valence-corrected chi connectivity index (χ0v) is 11.6. The Hall–Kier alpha value is -0.570. The van der Waals surface area contributed by atoms with Crippen molar-refractivity contribution in [2.45, 2.75) is 26.8 Å². The minimum absolute atomic E-state index is 0. The van der Waals surface area contributed by atoms with Crippen molar-refractivity contribution in [1.29, 1.82) is 0 Å². The maximum atomic E-state index is 5.71. The first-order chi connectivity index (χ1) is 7.69. The molecule has 1 atom stereocenters. The van der Waals surface area contributed by atoms with Gasteiger partial charge in [0.15, 0.2) is 0 Å². The monoisotopic (exact) mass is 254 g/mol. The van der Waals surface area contributed by atoms with Crippen LogP contribution in [-0.2, 0) is 6.54 Å². The third kappa shape index (κ3) is 3.70. The fourth-order valence-electron chi connectivity index (χ4n) is 2.41. The summed E-state index contributed by atoms with van der Waals surface area (Å²) in [6.07, 6.45) is 1.27. The second-order valence-electron chi connectivity index (χ2n) is 5.04. The van der Waals surface area contributed by atoms with Gasteiger partial charge in [-0.15, -0.1) is 12.4 Å². The SMILES string of the molecule is Cc1ccc(CN2CCC(CN)C2)cc1C.Cl. The molecule has 1 heterocycles. The number of hydrogen-bond acceptors (Lipinski definition) is 2. The minimum Gasteiger partial charge on any atom is -0.330 e. The number of hydrogen-bond donors (Lipinski definition) is 1. The average Bonchev–Trinajstić information content (AvgIpc) is 2.71. The maximum absolute atomic E-state index is 5.71. The van der Waals surface area contributed by atoms with E-state index in [0.29, 0.717) is 5.92 Å². The third-order valence-corrected chi connectivity index (χ3v) is 3.68. The summed E-state index contributed by atoms with van der Waals surface area (Å²) in [6.45, 7) is 8.64. The first-order valence-corrected chi connectivity index (χ1v) is 6.17. The number of nitrogens with two attached hydrogens (primary N) is 1. The highest BCUT2D eigenvalue weighted by Gasteiger charge is 2.20. The van der Waals surface area contributed by atoms with Gasteiger partial charge in [-0.2, -0.15) is 0 Å². The van der Waals surface area contributed by atoms with E-state index in [2.05, 4.69) is 36.9 Å². The Morgan fingerprint density at radius 1 is 1.29 bits per heavy atom. The number of rotatable bonds is 3. The molecule has 1 aromatic rings. The molecular weight excluding hydrogens is 232 g/mol. The van der Waals surface area contributed by atoms with Crippen LogP contribution < -0.4 is 5.73 Å². The Labute approximate surface area is 111 Å². The van der Waals surface area contributed by atoms with Gasteiger partial charge in [0.05, 0.1) is 0 Å². The van der Waals surface area contributed by atoms with Crippen molar-refractivity contribution in [3.63, 3.8) is 0 Å². The average molecular weight is 255 g/mol. The van der Waals surface area contributed by atoms with Gasteiger partial charge in [0, 0.05) is 13.1 Å². The van der Waals surface area contributed by atoms with Gasteiger partial charge in [-0.05, 0) is 56.0 Å². The Kier molecular flexibility index (Phi) is 5.44. The highest BCUT2D eigenvalue weighted by Crippen LogP contribution is 2.18. The molecule has 1 aliphatic rings. The fraction of sp³-hybridized carbons (Fsp3) is 0.571. The van der Waals surface area contributed by atoms with Crippen molar-refractivity contribution >= 4 is 12.4 Å². The van der Waals surface area contributed by atoms with Crippen LogP contribution >= 0.6 is 12.4 Å². The number of halogens is 1. The summed E-state index contributed by atoms with van der Waals surface area (Å²) in [7, 11) is 0. The van der Waals surface area contributed by atoms with Crippen LogP contribution in [0.5, 0.6) is 0 Å². The standard InChI is InChI=1S/C14H22N2.ClH/c1-11-3-4-13(7-12(11)2)9-16-6-5-14(8-15)10-16;/h3-4,7,14H,5-6,8-10,15H2,1-2H3;1H. The zero-order chi connectivity index (χ0) is 11.5. The van der Waals surface area contributed by atoms with Crippen molar-refractivity contribution in [2.75, 3.05) is 19.6 Å². The van der Waals surface area contributed by atoms with Crippen molar-refractivity contribution in [3.05, 3.63) is 34.9 Å². The summed E-state index contributed by atoms with van der Waals surface area (Å²) in [5, 5.41) is 0. The Bertz CT molecular complexity index is 365. The molecule has 1 unspecified atom stereocenters. The van der Waals surface area contributed by atoms with Crippen LogP contribution in [0.3, 0.4) is 0 Å². The lowest BCUT2D eigenvalue weighted by atomic mass is 10.1. The summed E-state index contributed by atoms with van der Waals surface area (Å²) in [5.41, 5.74) is 9.91. The lowest BCUT2D eigenvalue weighted by molar-refractivity contribution is 0.318. The van der Waals surface area contributed by atoms with E-state index in [1.165, 1.54) is 36.2 Å². The number of aryl methyl sites for hydroxylation is 2. The summed E-state index contributed by atoms with van der Waals surface area (Å²) in [6, 6.07) is 6.78. The van der Waals surface area contributed by atoms with Gasteiger partial charge in [0.2, 0.25) is 0 Å². The molecule has 2 rings (SSSR count). The molecule has 1 saturated heterocycles. The molecule has 2 nitrogen and oxygen atoms in total. The van der Waals surface area contributed by atoms with Crippen molar-refractivity contribution in [2.24, 2.45) is 11.7 Å². The van der Waals surface area contributed by atoms with Gasteiger partial charge in [-0.1, -0.05) is 18.2 Å². The van der Waals surface area contributed by atoms with E-state index >= 15 is 0 Å². The molecule has 0 aliphatic carbocycles. The van der Waals surface area contributed by atoms with Crippen LogP contribution in [0.25, 0.3) is 0 Å². The van der Waals surface area contributed by atoms with Crippen LogP contribution in [-0.4, -0.2) is 24.5 Å². The second kappa shape index (κ2) is 6.39. The van der Waals surface area contributed by atoms with Gasteiger partial charge in [-0.25, -0.2) is 0 Å². The van der Waals surface area contributed by atoms with E-state index < -0.39 is 0 Å².